The Morgan fingerprint density at radius 1 is 1.17 bits per heavy atom. The van der Waals surface area contributed by atoms with Crippen LogP contribution in [0, 0.1) is 0 Å². The molecule has 0 amide bonds. The molecule has 0 aliphatic heterocycles. The minimum Gasteiger partial charge on any atom is -0.485 e. The number of hydrogen-bond donors (Lipinski definition) is 0. The van der Waals surface area contributed by atoms with E-state index in [4.69, 9.17) is 4.74 Å². The van der Waals surface area contributed by atoms with Crippen LogP contribution >= 0.6 is 27.3 Å². The molecule has 2 heterocycles. The van der Waals surface area contributed by atoms with Crippen LogP contribution in [0.3, 0.4) is 0 Å². The minimum atomic E-state index is 0.475. The topological polar surface area (TPSA) is 35.0 Å². The zero-order valence-electron chi connectivity index (χ0n) is 9.34. The molecule has 0 saturated carbocycles. The van der Waals surface area contributed by atoms with Gasteiger partial charge in [0, 0.05) is 0 Å². The fraction of sp³-hybridized carbons (Fsp3) is 0.0769. The molecule has 3 aromatic rings. The average Bonchev–Trinajstić information content (AvgIpc) is 2.81. The van der Waals surface area contributed by atoms with Crippen LogP contribution in [0.15, 0.2) is 47.2 Å². The molecule has 0 unspecified atom stereocenters. The predicted octanol–water partition coefficient (Wildman–Crippen LogP) is 4.03. The number of benzene rings is 1. The van der Waals surface area contributed by atoms with Crippen molar-refractivity contribution in [2.75, 3.05) is 0 Å². The highest BCUT2D eigenvalue weighted by Crippen LogP contribution is 2.23. The van der Waals surface area contributed by atoms with Crippen LogP contribution in [-0.4, -0.2) is 9.97 Å². The summed E-state index contributed by atoms with van der Waals surface area (Å²) in [4.78, 5) is 8.62. The summed E-state index contributed by atoms with van der Waals surface area (Å²) in [5.74, 6) is 0.748. The maximum Gasteiger partial charge on any atom is 0.140 e. The van der Waals surface area contributed by atoms with Gasteiger partial charge >= 0.3 is 0 Å². The molecule has 5 heteroatoms. The first-order valence-corrected chi connectivity index (χ1v) is 7.01. The first-order valence-electron chi connectivity index (χ1n) is 5.40. The second-order valence-corrected chi connectivity index (χ2v) is 5.61. The molecule has 0 N–H and O–H groups in total. The van der Waals surface area contributed by atoms with E-state index in [0.29, 0.717) is 6.61 Å². The Morgan fingerprint density at radius 2 is 2.06 bits per heavy atom. The third kappa shape index (κ3) is 2.52. The van der Waals surface area contributed by atoms with Crippen molar-refractivity contribution in [1.29, 1.82) is 0 Å². The van der Waals surface area contributed by atoms with Crippen molar-refractivity contribution in [3.63, 3.8) is 0 Å². The van der Waals surface area contributed by atoms with E-state index in [2.05, 4.69) is 32.0 Å². The van der Waals surface area contributed by atoms with Crippen molar-refractivity contribution in [1.82, 2.24) is 9.97 Å². The van der Waals surface area contributed by atoms with E-state index in [1.54, 1.807) is 17.5 Å². The van der Waals surface area contributed by atoms with Crippen molar-refractivity contribution in [3.05, 3.63) is 52.2 Å². The van der Waals surface area contributed by atoms with Crippen LogP contribution in [0.25, 0.3) is 10.2 Å². The van der Waals surface area contributed by atoms with Crippen LogP contribution in [0.2, 0.25) is 0 Å². The predicted molar refractivity (Wildman–Crippen MR) is 75.9 cm³/mol. The van der Waals surface area contributed by atoms with E-state index in [-0.39, 0.29) is 0 Å². The Bertz CT molecular complexity index is 633. The van der Waals surface area contributed by atoms with Crippen molar-refractivity contribution >= 4 is 37.5 Å². The van der Waals surface area contributed by atoms with Gasteiger partial charge in [0.2, 0.25) is 0 Å². The summed E-state index contributed by atoms with van der Waals surface area (Å²) in [7, 11) is 0. The summed E-state index contributed by atoms with van der Waals surface area (Å²) < 4.78 is 7.63. The Labute approximate surface area is 117 Å². The molecule has 1 aromatic carbocycles. The number of rotatable bonds is 3. The number of halogens is 1. The lowest BCUT2D eigenvalue weighted by molar-refractivity contribution is 0.304. The van der Waals surface area contributed by atoms with Crippen molar-refractivity contribution in [2.24, 2.45) is 0 Å². The van der Waals surface area contributed by atoms with Gasteiger partial charge in [-0.3, -0.25) is 0 Å². The van der Waals surface area contributed by atoms with E-state index in [9.17, 15) is 0 Å². The van der Waals surface area contributed by atoms with Crippen molar-refractivity contribution < 1.29 is 4.74 Å². The maximum absolute atomic E-state index is 5.64. The molecule has 3 nitrogen and oxygen atoms in total. The van der Waals surface area contributed by atoms with Crippen LogP contribution < -0.4 is 4.74 Å². The molecule has 0 saturated heterocycles. The zero-order valence-corrected chi connectivity index (χ0v) is 11.7. The Kier molecular flexibility index (Phi) is 3.25. The van der Waals surface area contributed by atoms with Crippen LogP contribution in [0.1, 0.15) is 5.01 Å². The second kappa shape index (κ2) is 5.04. The lowest BCUT2D eigenvalue weighted by atomic mass is 10.3. The number of aromatic nitrogens is 2. The van der Waals surface area contributed by atoms with Gasteiger partial charge in [-0.15, -0.1) is 11.3 Å². The first-order chi connectivity index (χ1) is 8.81. The Morgan fingerprint density at radius 3 is 2.83 bits per heavy atom. The monoisotopic (exact) mass is 320 g/mol. The SMILES string of the molecule is Brc1ccc(OCc2nc3ccccc3s2)cn1. The maximum atomic E-state index is 5.64. The smallest absolute Gasteiger partial charge is 0.140 e. The Hall–Kier alpha value is -1.46. The van der Waals surface area contributed by atoms with Crippen molar-refractivity contribution in [2.45, 2.75) is 6.61 Å². The molecule has 0 radical (unpaired) electrons. The van der Waals surface area contributed by atoms with Gasteiger partial charge in [0.25, 0.3) is 0 Å². The number of fused-ring (bicyclic) bond motifs is 1. The molecule has 0 atom stereocenters. The van der Waals surface area contributed by atoms with Gasteiger partial charge in [0.1, 0.15) is 22.0 Å². The van der Waals surface area contributed by atoms with Gasteiger partial charge in [-0.1, -0.05) is 12.1 Å². The van der Waals surface area contributed by atoms with E-state index in [1.165, 1.54) is 4.70 Å². The molecule has 0 spiro atoms. The third-order valence-electron chi connectivity index (χ3n) is 2.40. The summed E-state index contributed by atoms with van der Waals surface area (Å²) in [5.41, 5.74) is 1.02. The molecule has 0 bridgehead atoms. The molecule has 0 aliphatic rings. The zero-order chi connectivity index (χ0) is 12.4. The minimum absolute atomic E-state index is 0.475. The number of thiazole rings is 1. The van der Waals surface area contributed by atoms with Gasteiger partial charge in [0.15, 0.2) is 0 Å². The lowest BCUT2D eigenvalue weighted by Gasteiger charge is -2.02. The first kappa shape index (κ1) is 11.6. The van der Waals surface area contributed by atoms with E-state index in [0.717, 1.165) is 20.9 Å². The molecule has 0 aliphatic carbocycles. The molecule has 3 rings (SSSR count). The van der Waals surface area contributed by atoms with Crippen LogP contribution in [0.4, 0.5) is 0 Å². The molecular formula is C13H9BrN2OS. The highest BCUT2D eigenvalue weighted by Gasteiger charge is 2.04. The quantitative estimate of drug-likeness (QED) is 0.683. The van der Waals surface area contributed by atoms with Gasteiger partial charge in [-0.25, -0.2) is 9.97 Å². The van der Waals surface area contributed by atoms with E-state index < -0.39 is 0 Å². The normalized spacial score (nSPS) is 10.7. The number of ether oxygens (including phenoxy) is 1. The number of hydrogen-bond acceptors (Lipinski definition) is 4. The van der Waals surface area contributed by atoms with Crippen LogP contribution in [0.5, 0.6) is 5.75 Å². The summed E-state index contributed by atoms with van der Waals surface area (Å²) in [5, 5.41) is 0.971. The summed E-state index contributed by atoms with van der Waals surface area (Å²) in [6, 6.07) is 11.8. The van der Waals surface area contributed by atoms with Crippen molar-refractivity contribution in [3.8, 4) is 5.75 Å². The Balaban J connectivity index is 1.74. The summed E-state index contributed by atoms with van der Waals surface area (Å²) >= 11 is 4.94. The number of pyridine rings is 1. The van der Waals surface area contributed by atoms with Crippen LogP contribution in [-0.2, 0) is 6.61 Å². The van der Waals surface area contributed by atoms with Gasteiger partial charge in [-0.2, -0.15) is 0 Å². The fourth-order valence-corrected chi connectivity index (χ4v) is 2.69. The highest BCUT2D eigenvalue weighted by atomic mass is 79.9. The highest BCUT2D eigenvalue weighted by molar-refractivity contribution is 9.10. The third-order valence-corrected chi connectivity index (χ3v) is 3.88. The fourth-order valence-electron chi connectivity index (χ4n) is 1.57. The summed E-state index contributed by atoms with van der Waals surface area (Å²) in [6.07, 6.45) is 1.69. The average molecular weight is 321 g/mol. The molecule has 2 aromatic heterocycles. The van der Waals surface area contributed by atoms with Gasteiger partial charge in [0.05, 0.1) is 16.4 Å². The number of nitrogens with zero attached hydrogens (tertiary/aromatic N) is 2. The number of para-hydroxylation sites is 1. The molecule has 90 valence electrons. The molecule has 18 heavy (non-hydrogen) atoms. The van der Waals surface area contributed by atoms with E-state index in [1.807, 2.05) is 30.3 Å². The van der Waals surface area contributed by atoms with Gasteiger partial charge < -0.3 is 4.74 Å². The van der Waals surface area contributed by atoms with Gasteiger partial charge in [-0.05, 0) is 40.2 Å². The van der Waals surface area contributed by atoms with E-state index >= 15 is 0 Å². The second-order valence-electron chi connectivity index (χ2n) is 3.68. The molecule has 0 fully saturated rings. The largest absolute Gasteiger partial charge is 0.485 e. The molecular weight excluding hydrogens is 312 g/mol. The standard InChI is InChI=1S/C13H9BrN2OS/c14-12-6-5-9(7-15-12)17-8-13-16-10-3-1-2-4-11(10)18-13/h1-7H,8H2. The summed E-state index contributed by atoms with van der Waals surface area (Å²) in [6.45, 7) is 0.475. The lowest BCUT2D eigenvalue weighted by Crippen LogP contribution is -1.94.